The van der Waals surface area contributed by atoms with Crippen molar-refractivity contribution in [3.05, 3.63) is 24.3 Å². The van der Waals surface area contributed by atoms with Gasteiger partial charge in [0.05, 0.1) is 23.9 Å². The molecule has 6 heteroatoms. The van der Waals surface area contributed by atoms with Crippen LogP contribution in [0.1, 0.15) is 6.42 Å². The summed E-state index contributed by atoms with van der Waals surface area (Å²) in [7, 11) is -1.49. The second-order valence-corrected chi connectivity index (χ2v) is 6.01. The van der Waals surface area contributed by atoms with Crippen molar-refractivity contribution in [1.82, 2.24) is 0 Å². The predicted molar refractivity (Wildman–Crippen MR) is 68.1 cm³/mol. The van der Waals surface area contributed by atoms with E-state index in [1.54, 1.807) is 30.1 Å². The van der Waals surface area contributed by atoms with Crippen LogP contribution in [0.4, 0.5) is 5.69 Å². The fourth-order valence-corrected chi connectivity index (χ4v) is 2.08. The molecule has 96 valence electrons. The Hall–Kier alpha value is -1.87. The molecule has 0 spiro atoms. The highest BCUT2D eigenvalue weighted by Gasteiger charge is 2.10. The molecule has 5 nitrogen and oxygen atoms in total. The Bertz CT molecular complexity index is 570. The third-order valence-electron chi connectivity index (χ3n) is 2.40. The van der Waals surface area contributed by atoms with Gasteiger partial charge in [0.1, 0.15) is 0 Å². The minimum atomic E-state index is -3.21. The summed E-state index contributed by atoms with van der Waals surface area (Å²) in [6.07, 6.45) is 1.02. The number of ketones is 1. The molecular formula is C12H14N2O3S. The number of likely N-dealkylation sites (N-methyl/N-ethyl adjacent to an activating group) is 1. The molecule has 0 atom stereocenters. The lowest BCUT2D eigenvalue weighted by atomic mass is 10.2. The van der Waals surface area contributed by atoms with Gasteiger partial charge in [0.25, 0.3) is 0 Å². The Morgan fingerprint density at radius 3 is 2.33 bits per heavy atom. The molecule has 0 saturated heterocycles. The first-order valence-corrected chi connectivity index (χ1v) is 7.13. The lowest BCUT2D eigenvalue weighted by Gasteiger charge is -2.17. The van der Waals surface area contributed by atoms with E-state index in [1.165, 1.54) is 12.1 Å². The lowest BCUT2D eigenvalue weighted by Crippen LogP contribution is -2.25. The summed E-state index contributed by atoms with van der Waals surface area (Å²) in [6.45, 7) is 0.131. The first kappa shape index (κ1) is 14.2. The number of carbonyl (C=O) groups excluding carboxylic acids is 1. The third kappa shape index (κ3) is 3.86. The number of Topliss-reactive ketones (excluding diaryl/α,β-unsaturated/α-hetero) is 1. The van der Waals surface area contributed by atoms with Crippen molar-refractivity contribution >= 4 is 21.3 Å². The summed E-state index contributed by atoms with van der Waals surface area (Å²) < 4.78 is 22.5. The zero-order chi connectivity index (χ0) is 13.8. The highest BCUT2D eigenvalue weighted by Crippen LogP contribution is 2.16. The van der Waals surface area contributed by atoms with Crippen LogP contribution in [0.5, 0.6) is 0 Å². The minimum absolute atomic E-state index is 0.119. The predicted octanol–water partition coefficient (Wildman–Crippen LogP) is 1.01. The highest BCUT2D eigenvalue weighted by molar-refractivity contribution is 7.90. The van der Waals surface area contributed by atoms with Crippen LogP contribution in [0.2, 0.25) is 0 Å². The number of hydrogen-bond donors (Lipinski definition) is 0. The first-order valence-electron chi connectivity index (χ1n) is 5.24. The van der Waals surface area contributed by atoms with Gasteiger partial charge >= 0.3 is 0 Å². The highest BCUT2D eigenvalue weighted by atomic mass is 32.2. The molecule has 0 amide bonds. The molecular weight excluding hydrogens is 252 g/mol. The number of nitriles is 1. The minimum Gasteiger partial charge on any atom is -0.367 e. The topological polar surface area (TPSA) is 78.2 Å². The summed E-state index contributed by atoms with van der Waals surface area (Å²) in [5, 5.41) is 8.39. The SMILES string of the molecule is CN(CC(=O)CC#N)c1ccc(S(C)(=O)=O)cc1. The first-order chi connectivity index (χ1) is 8.34. The Labute approximate surface area is 107 Å². The van der Waals surface area contributed by atoms with Crippen LogP contribution in [0, 0.1) is 11.3 Å². The van der Waals surface area contributed by atoms with Crippen LogP contribution in [0.3, 0.4) is 0 Å². The number of anilines is 1. The number of hydrogen-bond acceptors (Lipinski definition) is 5. The third-order valence-corrected chi connectivity index (χ3v) is 3.52. The van der Waals surface area contributed by atoms with Crippen LogP contribution in [-0.2, 0) is 14.6 Å². The van der Waals surface area contributed by atoms with Gasteiger partial charge in [-0.2, -0.15) is 5.26 Å². The lowest BCUT2D eigenvalue weighted by molar-refractivity contribution is -0.116. The molecule has 0 aliphatic rings. The smallest absolute Gasteiger partial charge is 0.175 e. The van der Waals surface area contributed by atoms with Crippen LogP contribution in [-0.4, -0.2) is 34.0 Å². The molecule has 0 fully saturated rings. The average Bonchev–Trinajstić information content (AvgIpc) is 2.28. The monoisotopic (exact) mass is 266 g/mol. The number of benzene rings is 1. The fraction of sp³-hybridized carbons (Fsp3) is 0.333. The van der Waals surface area contributed by atoms with Gasteiger partial charge in [-0.05, 0) is 24.3 Å². The molecule has 0 aliphatic heterocycles. The van der Waals surface area contributed by atoms with Crippen molar-refractivity contribution in [2.75, 3.05) is 24.7 Å². The van der Waals surface area contributed by atoms with E-state index in [1.807, 2.05) is 0 Å². The van der Waals surface area contributed by atoms with Crippen molar-refractivity contribution in [3.63, 3.8) is 0 Å². The summed E-state index contributed by atoms with van der Waals surface area (Å²) in [4.78, 5) is 13.2. The zero-order valence-electron chi connectivity index (χ0n) is 10.3. The van der Waals surface area contributed by atoms with E-state index in [9.17, 15) is 13.2 Å². The molecule has 0 heterocycles. The maximum absolute atomic E-state index is 11.3. The second kappa shape index (κ2) is 5.65. The van der Waals surface area contributed by atoms with Gasteiger partial charge in [0, 0.05) is 19.0 Å². The molecule has 0 aliphatic carbocycles. The Morgan fingerprint density at radius 2 is 1.89 bits per heavy atom. The van der Waals surface area contributed by atoms with Crippen LogP contribution in [0.25, 0.3) is 0 Å². The quantitative estimate of drug-likeness (QED) is 0.794. The van der Waals surface area contributed by atoms with Crippen LogP contribution in [0.15, 0.2) is 29.2 Å². The molecule has 0 bridgehead atoms. The molecule has 0 unspecified atom stereocenters. The summed E-state index contributed by atoms with van der Waals surface area (Å²) in [5.74, 6) is -0.174. The number of sulfone groups is 1. The number of rotatable bonds is 5. The fourth-order valence-electron chi connectivity index (χ4n) is 1.45. The second-order valence-electron chi connectivity index (χ2n) is 4.00. The van der Waals surface area contributed by atoms with Crippen LogP contribution < -0.4 is 4.90 Å². The van der Waals surface area contributed by atoms with Crippen molar-refractivity contribution in [1.29, 1.82) is 5.26 Å². The maximum atomic E-state index is 11.3. The van der Waals surface area contributed by atoms with E-state index in [-0.39, 0.29) is 23.6 Å². The van der Waals surface area contributed by atoms with Gasteiger partial charge < -0.3 is 4.90 Å². The molecule has 0 aromatic heterocycles. The maximum Gasteiger partial charge on any atom is 0.175 e. The Morgan fingerprint density at radius 1 is 1.33 bits per heavy atom. The summed E-state index contributed by atoms with van der Waals surface area (Å²) in [5.41, 5.74) is 0.730. The molecule has 18 heavy (non-hydrogen) atoms. The van der Waals surface area contributed by atoms with Gasteiger partial charge in [-0.15, -0.1) is 0 Å². The summed E-state index contributed by atoms with van der Waals surface area (Å²) >= 11 is 0. The normalized spacial score (nSPS) is 10.7. The van der Waals surface area contributed by atoms with Crippen molar-refractivity contribution < 1.29 is 13.2 Å². The van der Waals surface area contributed by atoms with Gasteiger partial charge in [-0.25, -0.2) is 8.42 Å². The molecule has 0 saturated carbocycles. The van der Waals surface area contributed by atoms with Crippen LogP contribution >= 0.6 is 0 Å². The summed E-state index contributed by atoms with van der Waals surface area (Å²) in [6, 6.07) is 8.06. The van der Waals surface area contributed by atoms with Gasteiger partial charge in [0.2, 0.25) is 0 Å². The zero-order valence-corrected chi connectivity index (χ0v) is 11.1. The largest absolute Gasteiger partial charge is 0.367 e. The van der Waals surface area contributed by atoms with E-state index < -0.39 is 9.84 Å². The van der Waals surface area contributed by atoms with E-state index in [0.29, 0.717) is 0 Å². The van der Waals surface area contributed by atoms with E-state index in [0.717, 1.165) is 11.9 Å². The molecule has 1 aromatic carbocycles. The average molecular weight is 266 g/mol. The van der Waals surface area contributed by atoms with E-state index >= 15 is 0 Å². The van der Waals surface area contributed by atoms with Gasteiger partial charge in [0.15, 0.2) is 15.6 Å². The number of nitrogens with zero attached hydrogens (tertiary/aromatic N) is 2. The standard InChI is InChI=1S/C12H14N2O3S/c1-14(9-11(15)7-8-13)10-3-5-12(6-4-10)18(2,16)17/h3-6H,7,9H2,1-2H3. The number of carbonyl (C=O) groups is 1. The van der Waals surface area contributed by atoms with E-state index in [4.69, 9.17) is 5.26 Å². The van der Waals surface area contributed by atoms with Gasteiger partial charge in [-0.3, -0.25) is 4.79 Å². The van der Waals surface area contributed by atoms with Crippen molar-refractivity contribution in [3.8, 4) is 6.07 Å². The molecule has 1 rings (SSSR count). The Kier molecular flexibility index (Phi) is 4.45. The Balaban J connectivity index is 2.80. The molecule has 0 radical (unpaired) electrons. The molecule has 1 aromatic rings. The van der Waals surface area contributed by atoms with Gasteiger partial charge in [-0.1, -0.05) is 0 Å². The molecule has 0 N–H and O–H groups in total. The van der Waals surface area contributed by atoms with E-state index in [2.05, 4.69) is 0 Å². The van der Waals surface area contributed by atoms with Crippen molar-refractivity contribution in [2.45, 2.75) is 11.3 Å². The van der Waals surface area contributed by atoms with Crippen molar-refractivity contribution in [2.24, 2.45) is 0 Å².